The lowest BCUT2D eigenvalue weighted by Crippen LogP contribution is -2.55. The molecule has 2 heteroatoms. The molecular formula is C23H31NO. The molecule has 4 atom stereocenters. The van der Waals surface area contributed by atoms with Crippen molar-refractivity contribution in [2.75, 3.05) is 0 Å². The molecule has 0 amide bonds. The van der Waals surface area contributed by atoms with Crippen molar-refractivity contribution in [1.29, 1.82) is 0 Å². The van der Waals surface area contributed by atoms with Gasteiger partial charge in [0.1, 0.15) is 0 Å². The summed E-state index contributed by atoms with van der Waals surface area (Å²) in [6.07, 6.45) is 2.63. The predicted molar refractivity (Wildman–Crippen MR) is 104 cm³/mol. The van der Waals surface area contributed by atoms with Crippen molar-refractivity contribution in [3.63, 3.8) is 0 Å². The summed E-state index contributed by atoms with van der Waals surface area (Å²) in [7, 11) is 0. The molecule has 2 aromatic carbocycles. The van der Waals surface area contributed by atoms with Gasteiger partial charge in [-0.15, -0.1) is 0 Å². The van der Waals surface area contributed by atoms with Gasteiger partial charge in [0, 0.05) is 18.0 Å². The zero-order chi connectivity index (χ0) is 17.9. The van der Waals surface area contributed by atoms with E-state index in [1.54, 1.807) is 0 Å². The summed E-state index contributed by atoms with van der Waals surface area (Å²) in [5.41, 5.74) is 1.89. The summed E-state index contributed by atoms with van der Waals surface area (Å²) in [4.78, 5) is 0. The average Bonchev–Trinajstić information content (AvgIpc) is 2.62. The summed E-state index contributed by atoms with van der Waals surface area (Å²) in [5, 5.41) is 15.6. The minimum absolute atomic E-state index is 0.164. The second-order valence-corrected chi connectivity index (χ2v) is 7.85. The molecule has 0 bridgehead atoms. The fraction of sp³-hybridized carbons (Fsp3) is 0.478. The summed E-state index contributed by atoms with van der Waals surface area (Å²) in [6.45, 7) is 6.66. The van der Waals surface area contributed by atoms with Crippen LogP contribution in [0.2, 0.25) is 0 Å². The zero-order valence-corrected chi connectivity index (χ0v) is 15.7. The van der Waals surface area contributed by atoms with Crippen LogP contribution in [0.1, 0.15) is 63.2 Å². The van der Waals surface area contributed by atoms with Crippen LogP contribution in [-0.2, 0) is 0 Å². The lowest BCUT2D eigenvalue weighted by atomic mass is 9.65. The molecule has 2 aromatic rings. The van der Waals surface area contributed by atoms with Gasteiger partial charge in [-0.05, 0) is 29.9 Å². The van der Waals surface area contributed by atoms with Gasteiger partial charge in [-0.25, -0.2) is 0 Å². The second-order valence-electron chi connectivity index (χ2n) is 7.85. The molecule has 0 aliphatic carbocycles. The largest absolute Gasteiger partial charge is 0.389 e. The highest BCUT2D eigenvalue weighted by molar-refractivity contribution is 5.27. The SMILES string of the molecule is CCC[C@]1(O)C[C@@H](c2ccccc2)N[C@H](c2ccccc2)[C@@H]1C(C)C. The summed E-state index contributed by atoms with van der Waals surface area (Å²) < 4.78 is 0. The fourth-order valence-corrected chi connectivity index (χ4v) is 4.75. The monoisotopic (exact) mass is 337 g/mol. The maximum Gasteiger partial charge on any atom is 0.0714 e. The highest BCUT2D eigenvalue weighted by Gasteiger charge is 2.48. The molecule has 1 heterocycles. The molecular weight excluding hydrogens is 306 g/mol. The minimum Gasteiger partial charge on any atom is -0.389 e. The van der Waals surface area contributed by atoms with Crippen LogP contribution in [0.4, 0.5) is 0 Å². The van der Waals surface area contributed by atoms with Crippen molar-refractivity contribution in [1.82, 2.24) is 5.32 Å². The average molecular weight is 338 g/mol. The Morgan fingerprint density at radius 3 is 2.08 bits per heavy atom. The summed E-state index contributed by atoms with van der Waals surface area (Å²) in [5.74, 6) is 0.612. The lowest BCUT2D eigenvalue weighted by molar-refractivity contribution is -0.0982. The predicted octanol–water partition coefficient (Wildman–Crippen LogP) is 5.27. The van der Waals surface area contributed by atoms with E-state index in [9.17, 15) is 5.11 Å². The Labute approximate surface area is 152 Å². The third kappa shape index (κ3) is 3.80. The van der Waals surface area contributed by atoms with Gasteiger partial charge >= 0.3 is 0 Å². The minimum atomic E-state index is -0.644. The van der Waals surface area contributed by atoms with Crippen molar-refractivity contribution in [3.8, 4) is 0 Å². The Kier molecular flexibility index (Phi) is 5.61. The van der Waals surface area contributed by atoms with E-state index in [1.165, 1.54) is 11.1 Å². The molecule has 0 radical (unpaired) electrons. The second kappa shape index (κ2) is 7.72. The van der Waals surface area contributed by atoms with Crippen molar-refractivity contribution in [2.45, 2.75) is 57.7 Å². The quantitative estimate of drug-likeness (QED) is 0.779. The fourth-order valence-electron chi connectivity index (χ4n) is 4.75. The van der Waals surface area contributed by atoms with Crippen molar-refractivity contribution in [2.24, 2.45) is 11.8 Å². The van der Waals surface area contributed by atoms with Crippen LogP contribution in [0.25, 0.3) is 0 Å². The van der Waals surface area contributed by atoms with Gasteiger partial charge in [-0.1, -0.05) is 87.9 Å². The third-order valence-corrected chi connectivity index (χ3v) is 5.68. The molecule has 0 spiro atoms. The van der Waals surface area contributed by atoms with Crippen LogP contribution >= 0.6 is 0 Å². The highest BCUT2D eigenvalue weighted by atomic mass is 16.3. The van der Waals surface area contributed by atoms with Crippen molar-refractivity contribution in [3.05, 3.63) is 71.8 Å². The van der Waals surface area contributed by atoms with Crippen LogP contribution in [0.5, 0.6) is 0 Å². The van der Waals surface area contributed by atoms with Crippen molar-refractivity contribution < 1.29 is 5.11 Å². The van der Waals surface area contributed by atoms with Gasteiger partial charge in [0.2, 0.25) is 0 Å². The first-order valence-corrected chi connectivity index (χ1v) is 9.63. The summed E-state index contributed by atoms with van der Waals surface area (Å²) >= 11 is 0. The van der Waals surface area contributed by atoms with E-state index in [0.29, 0.717) is 5.92 Å². The van der Waals surface area contributed by atoms with Gasteiger partial charge in [-0.3, -0.25) is 0 Å². The maximum absolute atomic E-state index is 11.7. The Morgan fingerprint density at radius 1 is 1.00 bits per heavy atom. The molecule has 25 heavy (non-hydrogen) atoms. The summed E-state index contributed by atoms with van der Waals surface area (Å²) in [6, 6.07) is 21.5. The smallest absolute Gasteiger partial charge is 0.0714 e. The first kappa shape index (κ1) is 18.2. The molecule has 1 aliphatic rings. The number of hydrogen-bond donors (Lipinski definition) is 2. The molecule has 3 rings (SSSR count). The zero-order valence-electron chi connectivity index (χ0n) is 15.7. The van der Waals surface area contributed by atoms with E-state index < -0.39 is 5.60 Å². The van der Waals surface area contributed by atoms with Crippen LogP contribution in [-0.4, -0.2) is 10.7 Å². The van der Waals surface area contributed by atoms with Crippen LogP contribution in [0.3, 0.4) is 0 Å². The lowest BCUT2D eigenvalue weighted by Gasteiger charge is -2.51. The Hall–Kier alpha value is -1.64. The number of piperidine rings is 1. The van der Waals surface area contributed by atoms with Crippen molar-refractivity contribution >= 4 is 0 Å². The van der Waals surface area contributed by atoms with Gasteiger partial charge in [0.25, 0.3) is 0 Å². The number of aliphatic hydroxyl groups is 1. The van der Waals surface area contributed by atoms with E-state index in [2.05, 4.69) is 86.8 Å². The van der Waals surface area contributed by atoms with Gasteiger partial charge in [0.15, 0.2) is 0 Å². The first-order chi connectivity index (χ1) is 12.0. The number of rotatable bonds is 5. The number of benzene rings is 2. The van der Waals surface area contributed by atoms with E-state index in [-0.39, 0.29) is 18.0 Å². The van der Waals surface area contributed by atoms with Gasteiger partial charge in [0.05, 0.1) is 5.60 Å². The standard InChI is InChI=1S/C23H31NO/c1-4-15-23(25)16-20(18-11-7-5-8-12-18)24-22(21(23)17(2)3)19-13-9-6-10-14-19/h5-14,17,20-22,24-25H,4,15-16H2,1-3H3/t20-,21-,22+,23-/m0/s1. The Bertz CT molecular complexity index is 654. The molecule has 134 valence electrons. The van der Waals surface area contributed by atoms with Crippen LogP contribution < -0.4 is 5.32 Å². The topological polar surface area (TPSA) is 32.3 Å². The highest BCUT2D eigenvalue weighted by Crippen LogP contribution is 2.48. The number of nitrogens with one attached hydrogen (secondary N) is 1. The molecule has 0 saturated carbocycles. The normalized spacial score (nSPS) is 29.7. The third-order valence-electron chi connectivity index (χ3n) is 5.68. The molecule has 2 nitrogen and oxygen atoms in total. The first-order valence-electron chi connectivity index (χ1n) is 9.63. The number of hydrogen-bond acceptors (Lipinski definition) is 2. The van der Waals surface area contributed by atoms with E-state index >= 15 is 0 Å². The molecule has 0 aromatic heterocycles. The van der Waals surface area contributed by atoms with Gasteiger partial charge < -0.3 is 10.4 Å². The molecule has 1 saturated heterocycles. The molecule has 1 fully saturated rings. The Balaban J connectivity index is 2.02. The molecule has 1 aliphatic heterocycles. The molecule has 0 unspecified atom stereocenters. The van der Waals surface area contributed by atoms with Crippen LogP contribution in [0.15, 0.2) is 60.7 Å². The molecule has 2 N–H and O–H groups in total. The van der Waals surface area contributed by atoms with Crippen LogP contribution in [0, 0.1) is 11.8 Å². The van der Waals surface area contributed by atoms with E-state index in [0.717, 1.165) is 19.3 Å². The van der Waals surface area contributed by atoms with E-state index in [1.807, 2.05) is 0 Å². The maximum atomic E-state index is 11.7. The van der Waals surface area contributed by atoms with E-state index in [4.69, 9.17) is 0 Å². The van der Waals surface area contributed by atoms with Gasteiger partial charge in [-0.2, -0.15) is 0 Å². The Morgan fingerprint density at radius 2 is 1.56 bits per heavy atom.